The van der Waals surface area contributed by atoms with E-state index in [4.69, 9.17) is 4.12 Å². The van der Waals surface area contributed by atoms with E-state index in [1.54, 1.807) is 0 Å². The van der Waals surface area contributed by atoms with Crippen LogP contribution in [0.25, 0.3) is 0 Å². The van der Waals surface area contributed by atoms with E-state index >= 15 is 0 Å². The summed E-state index contributed by atoms with van der Waals surface area (Å²) in [5.41, 5.74) is 1.30. The van der Waals surface area contributed by atoms with Gasteiger partial charge in [-0.2, -0.15) is 13.3 Å². The second-order valence-electron chi connectivity index (χ2n) is 12.1. The first-order valence-corrected chi connectivity index (χ1v) is 24.0. The number of nitrogens with one attached hydrogen (secondary N) is 1. The lowest BCUT2D eigenvalue weighted by Crippen LogP contribution is -2.50. The molecule has 0 heterocycles. The Kier molecular flexibility index (Phi) is 18.9. The first-order valence-electron chi connectivity index (χ1n) is 14.4. The first-order chi connectivity index (χ1) is 16.8. The summed E-state index contributed by atoms with van der Waals surface area (Å²) in [6, 6.07) is 2.21. The molecule has 0 aliphatic rings. The van der Waals surface area contributed by atoms with Crippen LogP contribution in [-0.2, 0) is 17.8 Å². The van der Waals surface area contributed by atoms with Crippen molar-refractivity contribution in [2.45, 2.75) is 121 Å². The van der Waals surface area contributed by atoms with Crippen molar-refractivity contribution in [1.29, 1.82) is 0 Å². The van der Waals surface area contributed by atoms with Crippen molar-refractivity contribution < 1.29 is 22.3 Å². The highest BCUT2D eigenvalue weighted by molar-refractivity contribution is 6.94. The maximum absolute atomic E-state index is 12.6. The lowest BCUT2D eigenvalue weighted by atomic mass is 10.1. The molecule has 0 unspecified atom stereocenters. The van der Waals surface area contributed by atoms with E-state index in [1.807, 2.05) is 13.8 Å². The molecule has 0 aliphatic heterocycles. The van der Waals surface area contributed by atoms with Crippen molar-refractivity contribution in [3.8, 4) is 0 Å². The molecule has 0 fully saturated rings. The molecular weight excluding hydrogens is 517 g/mol. The number of carbonyl (C=O) groups is 1. The largest absolute Gasteiger partial charge is 0.455 e. The van der Waals surface area contributed by atoms with Gasteiger partial charge >= 0.3 is 0 Å². The smallest absolute Gasteiger partial charge is 0.275 e. The SMILES string of the molecule is C[CH-]CCCC[N+](C)(C)CCCCCC(=O)NCCC[Si](C[Si](=O)CC)(C[Si](=O)CC)O[Si](C)(C)C. The third-order valence-corrected chi connectivity index (χ3v) is 22.0. The molecule has 36 heavy (non-hydrogen) atoms. The van der Waals surface area contributed by atoms with Gasteiger partial charge in [-0.05, 0) is 69.9 Å². The summed E-state index contributed by atoms with van der Waals surface area (Å²) in [4.78, 5) is 12.4. The molecule has 0 radical (unpaired) electrons. The number of amides is 1. The fourth-order valence-corrected chi connectivity index (χ4v) is 23.8. The molecule has 0 aromatic carbocycles. The van der Waals surface area contributed by atoms with Crippen molar-refractivity contribution in [3.63, 3.8) is 0 Å². The molecule has 212 valence electrons. The van der Waals surface area contributed by atoms with Gasteiger partial charge in [0.2, 0.25) is 5.91 Å². The molecule has 0 aromatic rings. The van der Waals surface area contributed by atoms with E-state index in [0.717, 1.165) is 36.2 Å². The molecule has 10 heteroatoms. The third kappa shape index (κ3) is 19.0. The molecule has 0 saturated carbocycles. The van der Waals surface area contributed by atoms with Gasteiger partial charge in [0.25, 0.3) is 17.4 Å². The Morgan fingerprint density at radius 3 is 1.94 bits per heavy atom. The number of hydrogen-bond donors (Lipinski definition) is 1. The predicted octanol–water partition coefficient (Wildman–Crippen LogP) is 6.28. The standard InChI is InChI=1S/C26H58N2O4Si4/c1-9-12-13-16-21-28(4,5)22-17-14-15-19-26(29)27-20-18-23-36(24-33(30)10-2,25-34(31)11-3)32-35(6,7)8/h9H,10-25H2,1-8H3,(H,27,29). The lowest BCUT2D eigenvalue weighted by molar-refractivity contribution is -0.890. The minimum absolute atomic E-state index is 0.127. The molecule has 0 bridgehead atoms. The van der Waals surface area contributed by atoms with Gasteiger partial charge in [0.05, 0.1) is 27.2 Å². The zero-order valence-corrected chi connectivity index (χ0v) is 29.0. The van der Waals surface area contributed by atoms with Gasteiger partial charge < -0.3 is 29.3 Å². The zero-order chi connectivity index (χ0) is 27.7. The molecule has 0 rings (SSSR count). The second kappa shape index (κ2) is 19.0. The lowest BCUT2D eigenvalue weighted by Gasteiger charge is -2.37. The first kappa shape index (κ1) is 35.9. The van der Waals surface area contributed by atoms with Gasteiger partial charge in [0, 0.05) is 24.3 Å². The molecule has 0 aliphatic carbocycles. The molecule has 1 N–H and O–H groups in total. The Labute approximate surface area is 228 Å². The van der Waals surface area contributed by atoms with Crippen molar-refractivity contribution in [2.24, 2.45) is 0 Å². The molecule has 0 saturated heterocycles. The highest BCUT2D eigenvalue weighted by Crippen LogP contribution is 2.29. The van der Waals surface area contributed by atoms with E-state index in [2.05, 4.69) is 52.4 Å². The fraction of sp³-hybridized carbons (Fsp3) is 0.923. The monoisotopic (exact) mass is 574 g/mol. The molecular formula is C26H58N2O4Si4. The minimum atomic E-state index is -2.37. The number of nitrogens with zero attached hydrogens (tertiary/aromatic N) is 1. The highest BCUT2D eigenvalue weighted by Gasteiger charge is 2.42. The van der Waals surface area contributed by atoms with Gasteiger partial charge in [-0.25, -0.2) is 0 Å². The van der Waals surface area contributed by atoms with E-state index in [0.29, 0.717) is 36.4 Å². The van der Waals surface area contributed by atoms with E-state index in [-0.39, 0.29) is 5.91 Å². The average molecular weight is 575 g/mol. The van der Waals surface area contributed by atoms with Gasteiger partial charge in [-0.1, -0.05) is 20.3 Å². The van der Waals surface area contributed by atoms with Crippen LogP contribution in [0, 0.1) is 6.42 Å². The van der Waals surface area contributed by atoms with Crippen molar-refractivity contribution in [2.75, 3.05) is 33.7 Å². The minimum Gasteiger partial charge on any atom is -0.455 e. The van der Waals surface area contributed by atoms with Crippen molar-refractivity contribution in [1.82, 2.24) is 5.32 Å². The van der Waals surface area contributed by atoms with Crippen LogP contribution in [0.1, 0.15) is 72.1 Å². The van der Waals surface area contributed by atoms with Crippen LogP contribution in [0.4, 0.5) is 0 Å². The van der Waals surface area contributed by atoms with Crippen LogP contribution in [0.15, 0.2) is 0 Å². The van der Waals surface area contributed by atoms with E-state index in [9.17, 15) is 13.7 Å². The van der Waals surface area contributed by atoms with Gasteiger partial charge in [0.1, 0.15) is 0 Å². The summed E-state index contributed by atoms with van der Waals surface area (Å²) in [6.07, 6.45) is 10.6. The molecule has 1 amide bonds. The van der Waals surface area contributed by atoms with Crippen LogP contribution in [0.3, 0.4) is 0 Å². The summed E-state index contributed by atoms with van der Waals surface area (Å²) in [5.74, 6) is 0.127. The normalized spacial score (nSPS) is 12.6. The Balaban J connectivity index is 4.52. The summed E-state index contributed by atoms with van der Waals surface area (Å²) >= 11 is 0. The molecule has 0 spiro atoms. The van der Waals surface area contributed by atoms with Gasteiger partial charge in [0.15, 0.2) is 16.6 Å². The number of quaternary nitrogens is 1. The third-order valence-electron chi connectivity index (χ3n) is 6.65. The quantitative estimate of drug-likeness (QED) is 0.0674. The predicted molar refractivity (Wildman–Crippen MR) is 160 cm³/mol. The topological polar surface area (TPSA) is 72.5 Å². The molecule has 6 nitrogen and oxygen atoms in total. The van der Waals surface area contributed by atoms with Gasteiger partial charge in [-0.3, -0.25) is 4.79 Å². The maximum atomic E-state index is 12.6. The zero-order valence-electron chi connectivity index (χ0n) is 25.0. The van der Waals surface area contributed by atoms with Crippen LogP contribution >= 0.6 is 0 Å². The average Bonchev–Trinajstić information content (AvgIpc) is 2.78. The van der Waals surface area contributed by atoms with Crippen molar-refractivity contribution >= 4 is 39.9 Å². The number of unbranched alkanes of at least 4 members (excludes halogenated alkanes) is 5. The van der Waals surface area contributed by atoms with E-state index < -0.39 is 34.0 Å². The Bertz CT molecular complexity index is 636. The summed E-state index contributed by atoms with van der Waals surface area (Å²) in [6.45, 7) is 15.6. The van der Waals surface area contributed by atoms with Crippen LogP contribution in [0.5, 0.6) is 0 Å². The highest BCUT2D eigenvalue weighted by atomic mass is 28.5. The summed E-state index contributed by atoms with van der Waals surface area (Å²) in [5, 5.41) is 3.09. The Morgan fingerprint density at radius 2 is 1.44 bits per heavy atom. The van der Waals surface area contributed by atoms with Crippen molar-refractivity contribution in [3.05, 3.63) is 6.42 Å². The van der Waals surface area contributed by atoms with Crippen LogP contribution in [-0.4, -0.2) is 78.1 Å². The van der Waals surface area contributed by atoms with E-state index in [1.165, 1.54) is 32.4 Å². The molecule has 0 aromatic heterocycles. The summed E-state index contributed by atoms with van der Waals surface area (Å²) in [7, 11) is -3.01. The van der Waals surface area contributed by atoms with Gasteiger partial charge in [-0.15, -0.1) is 0 Å². The summed E-state index contributed by atoms with van der Waals surface area (Å²) < 4.78 is 33.1. The maximum Gasteiger partial charge on any atom is 0.275 e. The Morgan fingerprint density at radius 1 is 0.889 bits per heavy atom. The molecule has 0 atom stereocenters. The number of carbonyl (C=O) groups excluding carboxylic acids is 1. The number of rotatable bonds is 23. The number of hydrogen-bond acceptors (Lipinski definition) is 4. The fourth-order valence-electron chi connectivity index (χ4n) is 4.71. The Hall–Kier alpha value is -0.142. The van der Waals surface area contributed by atoms with Crippen LogP contribution < -0.4 is 5.32 Å². The second-order valence-corrected chi connectivity index (χ2v) is 26.4. The van der Waals surface area contributed by atoms with Crippen LogP contribution in [0.2, 0.25) is 49.1 Å².